The van der Waals surface area contributed by atoms with Crippen LogP contribution in [0, 0.1) is 5.41 Å². The summed E-state index contributed by atoms with van der Waals surface area (Å²) in [4.78, 5) is 0. The molecule has 0 spiro atoms. The first kappa shape index (κ1) is 10.8. The summed E-state index contributed by atoms with van der Waals surface area (Å²) in [5.74, 6) is 0. The third kappa shape index (κ3) is 3.51. The Bertz CT molecular complexity index is 157. The Balaban J connectivity index is 2.28. The maximum Gasteiger partial charge on any atom is 0.0219 e. The molecule has 1 nitrogen and oxygen atoms in total. The van der Waals surface area contributed by atoms with E-state index >= 15 is 0 Å². The van der Waals surface area contributed by atoms with Gasteiger partial charge in [-0.3, -0.25) is 0 Å². The molecule has 1 aliphatic rings. The summed E-state index contributed by atoms with van der Waals surface area (Å²) in [6.45, 7) is 9.52. The van der Waals surface area contributed by atoms with Gasteiger partial charge in [0, 0.05) is 12.6 Å². The molecule has 0 aliphatic heterocycles. The third-order valence-electron chi connectivity index (χ3n) is 3.27. The second-order valence-electron chi connectivity index (χ2n) is 4.78. The molecule has 1 unspecified atom stereocenters. The van der Waals surface area contributed by atoms with Crippen LogP contribution in [0.3, 0.4) is 0 Å². The van der Waals surface area contributed by atoms with Gasteiger partial charge in [-0.25, -0.2) is 0 Å². The number of hydrogen-bond acceptors (Lipinski definition) is 1. The van der Waals surface area contributed by atoms with Crippen LogP contribution in [-0.2, 0) is 0 Å². The summed E-state index contributed by atoms with van der Waals surface area (Å²) in [6, 6.07) is 0.457. The van der Waals surface area contributed by atoms with E-state index in [9.17, 15) is 0 Å². The average Bonchev–Trinajstić information content (AvgIpc) is 2.15. The quantitative estimate of drug-likeness (QED) is 0.657. The van der Waals surface area contributed by atoms with Gasteiger partial charge in [0.05, 0.1) is 0 Å². The molecule has 13 heavy (non-hydrogen) atoms. The van der Waals surface area contributed by atoms with Crippen molar-refractivity contribution >= 4 is 0 Å². The van der Waals surface area contributed by atoms with E-state index in [0.29, 0.717) is 11.5 Å². The van der Waals surface area contributed by atoms with Crippen molar-refractivity contribution < 1.29 is 0 Å². The van der Waals surface area contributed by atoms with Crippen LogP contribution in [0.15, 0.2) is 12.7 Å². The Kier molecular flexibility index (Phi) is 3.98. The van der Waals surface area contributed by atoms with Crippen LogP contribution >= 0.6 is 0 Å². The summed E-state index contributed by atoms with van der Waals surface area (Å²) < 4.78 is 0. The fraction of sp³-hybridized carbons (Fsp3) is 0.833. The summed E-state index contributed by atoms with van der Waals surface area (Å²) in [6.07, 6.45) is 9.04. The summed E-state index contributed by atoms with van der Waals surface area (Å²) in [5, 5.41) is 3.52. The first-order valence-corrected chi connectivity index (χ1v) is 5.52. The molecule has 1 heteroatoms. The van der Waals surface area contributed by atoms with Gasteiger partial charge in [-0.15, -0.1) is 6.58 Å². The maximum absolute atomic E-state index is 3.78. The minimum Gasteiger partial charge on any atom is -0.310 e. The molecule has 0 amide bonds. The number of nitrogens with one attached hydrogen (secondary N) is 1. The van der Waals surface area contributed by atoms with Crippen molar-refractivity contribution in [3.8, 4) is 0 Å². The van der Waals surface area contributed by atoms with Crippen LogP contribution < -0.4 is 5.32 Å². The van der Waals surface area contributed by atoms with E-state index in [1.807, 2.05) is 6.08 Å². The van der Waals surface area contributed by atoms with Gasteiger partial charge in [0.2, 0.25) is 0 Å². The molecule has 0 heterocycles. The second kappa shape index (κ2) is 4.80. The highest BCUT2D eigenvalue weighted by Gasteiger charge is 2.26. The Labute approximate surface area is 82.6 Å². The van der Waals surface area contributed by atoms with Gasteiger partial charge >= 0.3 is 0 Å². The predicted octanol–water partition coefficient (Wildman–Crippen LogP) is 3.12. The van der Waals surface area contributed by atoms with E-state index in [0.717, 1.165) is 6.54 Å². The van der Waals surface area contributed by atoms with Crippen molar-refractivity contribution in [2.24, 2.45) is 5.41 Å². The van der Waals surface area contributed by atoms with Crippen LogP contribution in [0.1, 0.15) is 46.0 Å². The molecule has 0 aromatic carbocycles. The molecular weight excluding hydrogens is 158 g/mol. The van der Waals surface area contributed by atoms with E-state index in [-0.39, 0.29) is 0 Å². The highest BCUT2D eigenvalue weighted by Crippen LogP contribution is 2.34. The second-order valence-corrected chi connectivity index (χ2v) is 4.78. The Morgan fingerprint density at radius 3 is 2.54 bits per heavy atom. The third-order valence-corrected chi connectivity index (χ3v) is 3.27. The molecule has 1 atom stereocenters. The molecule has 0 radical (unpaired) electrons. The Hall–Kier alpha value is -0.300. The average molecular weight is 181 g/mol. The molecule has 1 N–H and O–H groups in total. The van der Waals surface area contributed by atoms with Crippen molar-refractivity contribution in [3.63, 3.8) is 0 Å². The SMILES string of the molecule is C=CC(C)NCC1(C)CCCCC1. The van der Waals surface area contributed by atoms with Crippen LogP contribution in [0.4, 0.5) is 0 Å². The zero-order chi connectivity index (χ0) is 9.73. The highest BCUT2D eigenvalue weighted by atomic mass is 14.9. The minimum atomic E-state index is 0.457. The fourth-order valence-corrected chi connectivity index (χ4v) is 2.07. The maximum atomic E-state index is 3.78. The predicted molar refractivity (Wildman–Crippen MR) is 58.9 cm³/mol. The van der Waals surface area contributed by atoms with Gasteiger partial charge in [-0.1, -0.05) is 32.3 Å². The van der Waals surface area contributed by atoms with E-state index in [2.05, 4.69) is 25.7 Å². The Morgan fingerprint density at radius 2 is 2.00 bits per heavy atom. The first-order valence-electron chi connectivity index (χ1n) is 5.52. The van der Waals surface area contributed by atoms with Gasteiger partial charge in [-0.05, 0) is 25.2 Å². The normalized spacial score (nSPS) is 23.8. The monoisotopic (exact) mass is 181 g/mol. The lowest BCUT2D eigenvalue weighted by Gasteiger charge is -2.34. The lowest BCUT2D eigenvalue weighted by atomic mass is 9.75. The number of hydrogen-bond donors (Lipinski definition) is 1. The van der Waals surface area contributed by atoms with Crippen LogP contribution in [0.25, 0.3) is 0 Å². The molecular formula is C12H23N. The van der Waals surface area contributed by atoms with E-state index in [1.54, 1.807) is 0 Å². The molecule has 1 rings (SSSR count). The van der Waals surface area contributed by atoms with Crippen molar-refractivity contribution in [1.82, 2.24) is 5.32 Å². The summed E-state index contributed by atoms with van der Waals surface area (Å²) in [5.41, 5.74) is 0.551. The van der Waals surface area contributed by atoms with Gasteiger partial charge in [-0.2, -0.15) is 0 Å². The van der Waals surface area contributed by atoms with E-state index in [1.165, 1.54) is 32.1 Å². The largest absolute Gasteiger partial charge is 0.310 e. The van der Waals surface area contributed by atoms with Gasteiger partial charge in [0.15, 0.2) is 0 Å². The molecule has 76 valence electrons. The van der Waals surface area contributed by atoms with Crippen molar-refractivity contribution in [2.45, 2.75) is 52.0 Å². The highest BCUT2D eigenvalue weighted by molar-refractivity contribution is 4.86. The topological polar surface area (TPSA) is 12.0 Å². The van der Waals surface area contributed by atoms with Crippen LogP contribution in [-0.4, -0.2) is 12.6 Å². The van der Waals surface area contributed by atoms with Crippen LogP contribution in [0.5, 0.6) is 0 Å². The lowest BCUT2D eigenvalue weighted by molar-refractivity contribution is 0.205. The molecule has 0 aromatic rings. The molecule has 1 fully saturated rings. The van der Waals surface area contributed by atoms with E-state index < -0.39 is 0 Å². The van der Waals surface area contributed by atoms with Crippen molar-refractivity contribution in [1.29, 1.82) is 0 Å². The summed E-state index contributed by atoms with van der Waals surface area (Å²) in [7, 11) is 0. The van der Waals surface area contributed by atoms with Gasteiger partial charge in [0.1, 0.15) is 0 Å². The minimum absolute atomic E-state index is 0.457. The summed E-state index contributed by atoms with van der Waals surface area (Å²) >= 11 is 0. The molecule has 0 saturated heterocycles. The first-order chi connectivity index (χ1) is 6.16. The van der Waals surface area contributed by atoms with Crippen molar-refractivity contribution in [2.75, 3.05) is 6.54 Å². The lowest BCUT2D eigenvalue weighted by Crippen LogP contribution is -2.37. The fourth-order valence-electron chi connectivity index (χ4n) is 2.07. The zero-order valence-corrected chi connectivity index (χ0v) is 9.10. The van der Waals surface area contributed by atoms with Gasteiger partial charge < -0.3 is 5.32 Å². The van der Waals surface area contributed by atoms with Crippen molar-refractivity contribution in [3.05, 3.63) is 12.7 Å². The molecule has 0 aromatic heterocycles. The molecule has 0 bridgehead atoms. The zero-order valence-electron chi connectivity index (χ0n) is 9.10. The number of rotatable bonds is 4. The standard InChI is InChI=1S/C12H23N/c1-4-11(2)13-10-12(3)8-6-5-7-9-12/h4,11,13H,1,5-10H2,2-3H3. The van der Waals surface area contributed by atoms with Crippen LogP contribution in [0.2, 0.25) is 0 Å². The molecule has 1 saturated carbocycles. The van der Waals surface area contributed by atoms with E-state index in [4.69, 9.17) is 0 Å². The Morgan fingerprint density at radius 1 is 1.38 bits per heavy atom. The smallest absolute Gasteiger partial charge is 0.0219 e. The molecule has 1 aliphatic carbocycles. The van der Waals surface area contributed by atoms with Gasteiger partial charge in [0.25, 0.3) is 0 Å².